The van der Waals surface area contributed by atoms with Crippen LogP contribution in [0.5, 0.6) is 0 Å². The van der Waals surface area contributed by atoms with Crippen LogP contribution >= 0.6 is 11.3 Å². The molecular weight excluding hydrogens is 180 g/mol. The van der Waals surface area contributed by atoms with E-state index < -0.39 is 0 Å². The van der Waals surface area contributed by atoms with Crippen molar-refractivity contribution in [1.29, 1.82) is 0 Å². The highest BCUT2D eigenvalue weighted by Crippen LogP contribution is 2.33. The highest BCUT2D eigenvalue weighted by atomic mass is 32.1. The standard InChI is InChI=1S/C10H16N2S/c1-7-12-10-8(6-11-2)4-3-5-9(10)13-7/h8,11H,3-6H2,1-2H3. The topological polar surface area (TPSA) is 24.9 Å². The number of nitrogens with one attached hydrogen (secondary N) is 1. The molecule has 1 aromatic heterocycles. The van der Waals surface area contributed by atoms with Crippen LogP contribution < -0.4 is 5.32 Å². The van der Waals surface area contributed by atoms with Gasteiger partial charge in [0.2, 0.25) is 0 Å². The van der Waals surface area contributed by atoms with Gasteiger partial charge in [0.1, 0.15) is 0 Å². The van der Waals surface area contributed by atoms with Crippen molar-refractivity contribution in [1.82, 2.24) is 10.3 Å². The SMILES string of the molecule is CNCC1CCCc2sc(C)nc21. The van der Waals surface area contributed by atoms with E-state index in [-0.39, 0.29) is 0 Å². The molecule has 1 aliphatic carbocycles. The number of hydrogen-bond donors (Lipinski definition) is 1. The summed E-state index contributed by atoms with van der Waals surface area (Å²) in [6, 6.07) is 0. The summed E-state index contributed by atoms with van der Waals surface area (Å²) in [5.74, 6) is 0.665. The van der Waals surface area contributed by atoms with Crippen LogP contribution in [0.4, 0.5) is 0 Å². The minimum atomic E-state index is 0.665. The average Bonchev–Trinajstić information content (AvgIpc) is 2.47. The normalized spacial score (nSPS) is 21.5. The molecule has 1 aromatic rings. The smallest absolute Gasteiger partial charge is 0.0900 e. The number of aromatic nitrogens is 1. The molecule has 1 aliphatic rings. The quantitative estimate of drug-likeness (QED) is 0.783. The molecule has 1 atom stereocenters. The number of fused-ring (bicyclic) bond motifs is 1. The summed E-state index contributed by atoms with van der Waals surface area (Å²) in [4.78, 5) is 6.16. The van der Waals surface area contributed by atoms with Crippen molar-refractivity contribution in [3.05, 3.63) is 15.6 Å². The summed E-state index contributed by atoms with van der Waals surface area (Å²) in [5.41, 5.74) is 1.38. The molecule has 72 valence electrons. The molecular formula is C10H16N2S. The maximum absolute atomic E-state index is 4.63. The van der Waals surface area contributed by atoms with E-state index >= 15 is 0 Å². The van der Waals surface area contributed by atoms with E-state index in [9.17, 15) is 0 Å². The molecule has 13 heavy (non-hydrogen) atoms. The van der Waals surface area contributed by atoms with Crippen molar-refractivity contribution < 1.29 is 0 Å². The Morgan fingerprint density at radius 2 is 2.46 bits per heavy atom. The van der Waals surface area contributed by atoms with E-state index in [0.717, 1.165) is 6.54 Å². The van der Waals surface area contributed by atoms with Gasteiger partial charge >= 0.3 is 0 Å². The van der Waals surface area contributed by atoms with E-state index in [1.807, 2.05) is 18.4 Å². The van der Waals surface area contributed by atoms with Crippen LogP contribution in [0.3, 0.4) is 0 Å². The van der Waals surface area contributed by atoms with Gasteiger partial charge in [0.15, 0.2) is 0 Å². The molecule has 2 rings (SSSR count). The van der Waals surface area contributed by atoms with E-state index in [1.54, 1.807) is 0 Å². The predicted molar refractivity (Wildman–Crippen MR) is 56.5 cm³/mol. The lowest BCUT2D eigenvalue weighted by Gasteiger charge is -2.20. The second-order valence-corrected chi connectivity index (χ2v) is 4.98. The van der Waals surface area contributed by atoms with Gasteiger partial charge < -0.3 is 5.32 Å². The monoisotopic (exact) mass is 196 g/mol. The van der Waals surface area contributed by atoms with Gasteiger partial charge in [-0.1, -0.05) is 0 Å². The zero-order valence-electron chi connectivity index (χ0n) is 8.26. The first-order valence-corrected chi connectivity index (χ1v) is 5.73. The Bertz CT molecular complexity index is 293. The third-order valence-electron chi connectivity index (χ3n) is 2.63. The van der Waals surface area contributed by atoms with Crippen molar-refractivity contribution in [3.8, 4) is 0 Å². The van der Waals surface area contributed by atoms with Crippen molar-refractivity contribution in [2.24, 2.45) is 0 Å². The summed E-state index contributed by atoms with van der Waals surface area (Å²) in [6.45, 7) is 3.19. The van der Waals surface area contributed by atoms with Gasteiger partial charge in [-0.2, -0.15) is 0 Å². The second kappa shape index (κ2) is 3.76. The maximum Gasteiger partial charge on any atom is 0.0900 e. The van der Waals surface area contributed by atoms with Crippen LogP contribution in [0.2, 0.25) is 0 Å². The second-order valence-electron chi connectivity index (χ2n) is 3.69. The molecule has 1 heterocycles. The van der Waals surface area contributed by atoms with Crippen molar-refractivity contribution in [2.45, 2.75) is 32.1 Å². The van der Waals surface area contributed by atoms with Crippen LogP contribution in [-0.4, -0.2) is 18.6 Å². The molecule has 2 nitrogen and oxygen atoms in total. The lowest BCUT2D eigenvalue weighted by molar-refractivity contribution is 0.522. The van der Waals surface area contributed by atoms with Gasteiger partial charge in [0.25, 0.3) is 0 Å². The maximum atomic E-state index is 4.63. The number of hydrogen-bond acceptors (Lipinski definition) is 3. The molecule has 0 saturated carbocycles. The minimum absolute atomic E-state index is 0.665. The van der Waals surface area contributed by atoms with Gasteiger partial charge in [-0.05, 0) is 33.2 Å². The highest BCUT2D eigenvalue weighted by Gasteiger charge is 2.22. The van der Waals surface area contributed by atoms with Gasteiger partial charge in [-0.3, -0.25) is 0 Å². The third-order valence-corrected chi connectivity index (χ3v) is 3.67. The summed E-state index contributed by atoms with van der Waals surface area (Å²) < 4.78 is 0. The summed E-state index contributed by atoms with van der Waals surface area (Å²) in [6.07, 6.45) is 3.89. The predicted octanol–water partition coefficient (Wildman–Crippen LogP) is 2.09. The summed E-state index contributed by atoms with van der Waals surface area (Å²) in [5, 5.41) is 4.48. The summed E-state index contributed by atoms with van der Waals surface area (Å²) in [7, 11) is 2.02. The van der Waals surface area contributed by atoms with Crippen molar-refractivity contribution >= 4 is 11.3 Å². The Morgan fingerprint density at radius 3 is 3.23 bits per heavy atom. The van der Waals surface area contributed by atoms with E-state index in [0.29, 0.717) is 5.92 Å². The van der Waals surface area contributed by atoms with E-state index in [4.69, 9.17) is 0 Å². The van der Waals surface area contributed by atoms with Crippen LogP contribution in [0.25, 0.3) is 0 Å². The summed E-state index contributed by atoms with van der Waals surface area (Å²) >= 11 is 1.88. The first kappa shape index (κ1) is 9.16. The molecule has 0 radical (unpaired) electrons. The van der Waals surface area contributed by atoms with Crippen LogP contribution in [0.15, 0.2) is 0 Å². The number of rotatable bonds is 2. The molecule has 0 aliphatic heterocycles. The molecule has 0 bridgehead atoms. The molecule has 0 saturated heterocycles. The van der Waals surface area contributed by atoms with Crippen molar-refractivity contribution in [2.75, 3.05) is 13.6 Å². The largest absolute Gasteiger partial charge is 0.319 e. The number of likely N-dealkylation sites (N-methyl/N-ethyl adjacent to an activating group) is 1. The van der Waals surface area contributed by atoms with Gasteiger partial charge in [-0.25, -0.2) is 4.98 Å². The first-order valence-electron chi connectivity index (χ1n) is 4.92. The Hall–Kier alpha value is -0.410. The zero-order chi connectivity index (χ0) is 9.26. The lowest BCUT2D eigenvalue weighted by Crippen LogP contribution is -2.20. The molecule has 0 aromatic carbocycles. The zero-order valence-corrected chi connectivity index (χ0v) is 9.08. The molecule has 3 heteroatoms. The molecule has 1 N–H and O–H groups in total. The molecule has 1 unspecified atom stereocenters. The van der Waals surface area contributed by atoms with Crippen molar-refractivity contribution in [3.63, 3.8) is 0 Å². The molecule has 0 fully saturated rings. The van der Waals surface area contributed by atoms with Gasteiger partial charge in [0.05, 0.1) is 10.7 Å². The van der Waals surface area contributed by atoms with Gasteiger partial charge in [0, 0.05) is 17.3 Å². The van der Waals surface area contributed by atoms with Crippen LogP contribution in [0, 0.1) is 6.92 Å². The van der Waals surface area contributed by atoms with Gasteiger partial charge in [-0.15, -0.1) is 11.3 Å². The Kier molecular flexibility index (Phi) is 2.65. The third kappa shape index (κ3) is 1.76. The Labute approximate surface area is 83.4 Å². The Morgan fingerprint density at radius 1 is 1.62 bits per heavy atom. The molecule has 0 amide bonds. The van der Waals surface area contributed by atoms with Crippen LogP contribution in [0.1, 0.15) is 34.3 Å². The molecule has 0 spiro atoms. The number of nitrogens with zero attached hydrogens (tertiary/aromatic N) is 1. The fourth-order valence-electron chi connectivity index (χ4n) is 2.07. The van der Waals surface area contributed by atoms with E-state index in [1.165, 1.54) is 34.8 Å². The van der Waals surface area contributed by atoms with E-state index in [2.05, 4.69) is 17.2 Å². The highest BCUT2D eigenvalue weighted by molar-refractivity contribution is 7.11. The minimum Gasteiger partial charge on any atom is -0.319 e. The Balaban J connectivity index is 2.25. The number of aryl methyl sites for hydroxylation is 2. The number of thiazole rings is 1. The van der Waals surface area contributed by atoms with Crippen LogP contribution in [-0.2, 0) is 6.42 Å². The first-order chi connectivity index (χ1) is 6.31. The average molecular weight is 196 g/mol. The fourth-order valence-corrected chi connectivity index (χ4v) is 3.14. The lowest BCUT2D eigenvalue weighted by atomic mass is 9.91. The fraction of sp³-hybridized carbons (Fsp3) is 0.700.